The van der Waals surface area contributed by atoms with Gasteiger partial charge in [0.1, 0.15) is 0 Å². The van der Waals surface area contributed by atoms with Gasteiger partial charge in [-0.3, -0.25) is 0 Å². The summed E-state index contributed by atoms with van der Waals surface area (Å²) in [6.45, 7) is 3.54. The van der Waals surface area contributed by atoms with Gasteiger partial charge in [-0.2, -0.15) is 0 Å². The van der Waals surface area contributed by atoms with Gasteiger partial charge in [0.25, 0.3) is 0 Å². The maximum Gasteiger partial charge on any atom is 0.0134 e. The van der Waals surface area contributed by atoms with Crippen LogP contribution in [0.3, 0.4) is 0 Å². The van der Waals surface area contributed by atoms with Gasteiger partial charge in [0, 0.05) is 6.04 Å². The second-order valence-corrected chi connectivity index (χ2v) is 5.85. The first-order valence-electron chi connectivity index (χ1n) is 7.69. The van der Waals surface area contributed by atoms with Crippen LogP contribution in [-0.2, 0) is 6.42 Å². The Morgan fingerprint density at radius 3 is 2.55 bits per heavy atom. The summed E-state index contributed by atoms with van der Waals surface area (Å²) in [6.07, 6.45) is 3.66. The molecule has 0 aliphatic carbocycles. The Morgan fingerprint density at radius 1 is 1.05 bits per heavy atom. The molecule has 0 spiro atoms. The van der Waals surface area contributed by atoms with Crippen molar-refractivity contribution >= 4 is 0 Å². The van der Waals surface area contributed by atoms with Crippen molar-refractivity contribution in [1.82, 2.24) is 5.32 Å². The highest BCUT2D eigenvalue weighted by Crippen LogP contribution is 2.28. The fourth-order valence-electron chi connectivity index (χ4n) is 3.31. The summed E-state index contributed by atoms with van der Waals surface area (Å²) in [5, 5.41) is 3.65. The van der Waals surface area contributed by atoms with Crippen molar-refractivity contribution in [1.29, 1.82) is 0 Å². The van der Waals surface area contributed by atoms with E-state index in [1.807, 2.05) is 0 Å². The van der Waals surface area contributed by atoms with Crippen LogP contribution in [0, 0.1) is 0 Å². The summed E-state index contributed by atoms with van der Waals surface area (Å²) in [7, 11) is 0. The van der Waals surface area contributed by atoms with Crippen LogP contribution in [0.5, 0.6) is 0 Å². The Balaban J connectivity index is 1.84. The van der Waals surface area contributed by atoms with Gasteiger partial charge in [-0.05, 0) is 48.4 Å². The fraction of sp³-hybridized carbons (Fsp3) is 0.368. The quantitative estimate of drug-likeness (QED) is 0.876. The summed E-state index contributed by atoms with van der Waals surface area (Å²) in [4.78, 5) is 0. The van der Waals surface area contributed by atoms with Crippen molar-refractivity contribution in [2.45, 2.75) is 38.1 Å². The summed E-state index contributed by atoms with van der Waals surface area (Å²) >= 11 is 0. The molecule has 1 heteroatoms. The highest BCUT2D eigenvalue weighted by Gasteiger charge is 2.23. The first kappa shape index (κ1) is 13.4. The number of benzene rings is 2. The maximum absolute atomic E-state index is 3.65. The van der Waals surface area contributed by atoms with Crippen molar-refractivity contribution in [3.05, 3.63) is 71.3 Å². The Hall–Kier alpha value is -1.60. The minimum Gasteiger partial charge on any atom is -0.313 e. The SMILES string of the molecule is CC(c1ccccc1Cc1ccccc1)C1CCCN1. The van der Waals surface area contributed by atoms with Gasteiger partial charge in [-0.25, -0.2) is 0 Å². The molecule has 2 atom stereocenters. The molecule has 1 nitrogen and oxygen atoms in total. The van der Waals surface area contributed by atoms with E-state index in [9.17, 15) is 0 Å². The molecule has 0 amide bonds. The molecule has 0 aromatic heterocycles. The summed E-state index contributed by atoms with van der Waals surface area (Å²) in [5.74, 6) is 0.595. The van der Waals surface area contributed by atoms with Crippen molar-refractivity contribution in [2.24, 2.45) is 0 Å². The fourth-order valence-corrected chi connectivity index (χ4v) is 3.31. The van der Waals surface area contributed by atoms with E-state index in [0.29, 0.717) is 12.0 Å². The number of hydrogen-bond donors (Lipinski definition) is 1. The number of rotatable bonds is 4. The van der Waals surface area contributed by atoms with E-state index in [-0.39, 0.29) is 0 Å². The molecule has 0 bridgehead atoms. The Bertz CT molecular complexity index is 541. The molecule has 1 saturated heterocycles. The average molecular weight is 265 g/mol. The van der Waals surface area contributed by atoms with Gasteiger partial charge in [-0.15, -0.1) is 0 Å². The lowest BCUT2D eigenvalue weighted by Crippen LogP contribution is -2.27. The normalized spacial score (nSPS) is 19.9. The van der Waals surface area contributed by atoms with E-state index in [1.54, 1.807) is 0 Å². The predicted molar refractivity (Wildman–Crippen MR) is 85.1 cm³/mol. The summed E-state index contributed by atoms with van der Waals surface area (Å²) in [5.41, 5.74) is 4.38. The molecule has 1 fully saturated rings. The third kappa shape index (κ3) is 2.94. The molecule has 104 valence electrons. The van der Waals surface area contributed by atoms with Crippen molar-refractivity contribution in [3.8, 4) is 0 Å². The molecule has 20 heavy (non-hydrogen) atoms. The lowest BCUT2D eigenvalue weighted by atomic mass is 9.87. The highest BCUT2D eigenvalue weighted by atomic mass is 14.9. The zero-order valence-electron chi connectivity index (χ0n) is 12.2. The van der Waals surface area contributed by atoms with Crippen molar-refractivity contribution < 1.29 is 0 Å². The zero-order chi connectivity index (χ0) is 13.8. The molecular formula is C19H23N. The van der Waals surface area contributed by atoms with E-state index < -0.39 is 0 Å². The Labute approximate surface area is 122 Å². The van der Waals surface area contributed by atoms with Gasteiger partial charge in [0.05, 0.1) is 0 Å². The first-order valence-corrected chi connectivity index (χ1v) is 7.69. The minimum absolute atomic E-state index is 0.595. The van der Waals surface area contributed by atoms with Gasteiger partial charge in [0.2, 0.25) is 0 Å². The van der Waals surface area contributed by atoms with Crippen LogP contribution in [0.15, 0.2) is 54.6 Å². The molecule has 2 unspecified atom stereocenters. The minimum atomic E-state index is 0.595. The third-order valence-corrected chi connectivity index (χ3v) is 4.49. The van der Waals surface area contributed by atoms with Crippen molar-refractivity contribution in [3.63, 3.8) is 0 Å². The highest BCUT2D eigenvalue weighted by molar-refractivity contribution is 5.35. The van der Waals surface area contributed by atoms with Crippen LogP contribution in [0.2, 0.25) is 0 Å². The molecule has 0 radical (unpaired) electrons. The molecule has 1 N–H and O–H groups in total. The number of nitrogens with one attached hydrogen (secondary N) is 1. The second-order valence-electron chi connectivity index (χ2n) is 5.85. The van der Waals surface area contributed by atoms with E-state index >= 15 is 0 Å². The summed E-state index contributed by atoms with van der Waals surface area (Å²) < 4.78 is 0. The van der Waals surface area contributed by atoms with Gasteiger partial charge < -0.3 is 5.32 Å². The van der Waals surface area contributed by atoms with E-state index in [2.05, 4.69) is 66.8 Å². The third-order valence-electron chi connectivity index (χ3n) is 4.49. The van der Waals surface area contributed by atoms with Gasteiger partial charge >= 0.3 is 0 Å². The molecule has 0 saturated carbocycles. The predicted octanol–water partition coefficient (Wildman–Crippen LogP) is 4.13. The topological polar surface area (TPSA) is 12.0 Å². The van der Waals surface area contributed by atoms with Crippen LogP contribution >= 0.6 is 0 Å². The Morgan fingerprint density at radius 2 is 1.80 bits per heavy atom. The van der Waals surface area contributed by atoms with Crippen LogP contribution in [0.1, 0.15) is 42.4 Å². The number of hydrogen-bond acceptors (Lipinski definition) is 1. The molecule has 1 heterocycles. The van der Waals surface area contributed by atoms with Gasteiger partial charge in [-0.1, -0.05) is 61.5 Å². The Kier molecular flexibility index (Phi) is 4.17. The van der Waals surface area contributed by atoms with E-state index in [1.165, 1.54) is 36.1 Å². The van der Waals surface area contributed by atoms with Crippen LogP contribution < -0.4 is 5.32 Å². The first-order chi connectivity index (χ1) is 9.84. The molecule has 1 aliphatic rings. The zero-order valence-corrected chi connectivity index (χ0v) is 12.2. The molecule has 2 aromatic carbocycles. The van der Waals surface area contributed by atoms with E-state index in [4.69, 9.17) is 0 Å². The largest absolute Gasteiger partial charge is 0.313 e. The lowest BCUT2D eigenvalue weighted by Gasteiger charge is -2.22. The maximum atomic E-state index is 3.65. The lowest BCUT2D eigenvalue weighted by molar-refractivity contribution is 0.515. The van der Waals surface area contributed by atoms with Gasteiger partial charge in [0.15, 0.2) is 0 Å². The van der Waals surface area contributed by atoms with E-state index in [0.717, 1.165) is 6.42 Å². The average Bonchev–Trinajstić information content (AvgIpc) is 3.02. The van der Waals surface area contributed by atoms with Crippen LogP contribution in [0.4, 0.5) is 0 Å². The second kappa shape index (κ2) is 6.23. The molecule has 3 rings (SSSR count). The van der Waals surface area contributed by atoms with Crippen LogP contribution in [-0.4, -0.2) is 12.6 Å². The van der Waals surface area contributed by atoms with Crippen LogP contribution in [0.25, 0.3) is 0 Å². The monoisotopic (exact) mass is 265 g/mol. The molecular weight excluding hydrogens is 242 g/mol. The molecule has 1 aliphatic heterocycles. The standard InChI is InChI=1S/C19H23N/c1-15(19-12-7-13-20-19)18-11-6-5-10-17(18)14-16-8-3-2-4-9-16/h2-6,8-11,15,19-20H,7,12-14H2,1H3. The molecule has 2 aromatic rings. The summed E-state index contributed by atoms with van der Waals surface area (Å²) in [6, 6.07) is 20.3. The van der Waals surface area contributed by atoms with Crippen molar-refractivity contribution in [2.75, 3.05) is 6.54 Å². The smallest absolute Gasteiger partial charge is 0.0134 e.